The standard InChI is InChI=1S/C13H22F3N3O/c14-13(15,16)11-2-1-6-18(10-11)7-3-12(20)19-8-4-17-5-9-19/h11,17H,1-10H2. The Morgan fingerprint density at radius 2 is 1.90 bits per heavy atom. The number of likely N-dealkylation sites (tertiary alicyclic amines) is 1. The summed E-state index contributed by atoms with van der Waals surface area (Å²) in [4.78, 5) is 15.5. The lowest BCUT2D eigenvalue weighted by atomic mass is 9.97. The molecule has 2 saturated heterocycles. The van der Waals surface area contributed by atoms with Gasteiger partial charge in [0.25, 0.3) is 0 Å². The van der Waals surface area contributed by atoms with Gasteiger partial charge in [-0.15, -0.1) is 0 Å². The summed E-state index contributed by atoms with van der Waals surface area (Å²) in [6, 6.07) is 0. The van der Waals surface area contributed by atoms with E-state index in [-0.39, 0.29) is 18.9 Å². The molecule has 2 aliphatic rings. The Labute approximate surface area is 117 Å². The molecule has 116 valence electrons. The van der Waals surface area contributed by atoms with E-state index in [0.29, 0.717) is 39.0 Å². The quantitative estimate of drug-likeness (QED) is 0.846. The molecule has 1 atom stereocenters. The number of halogens is 3. The van der Waals surface area contributed by atoms with Crippen LogP contribution in [0, 0.1) is 5.92 Å². The fraction of sp³-hybridized carbons (Fsp3) is 0.923. The molecule has 1 amide bonds. The zero-order chi connectivity index (χ0) is 14.6. The summed E-state index contributed by atoms with van der Waals surface area (Å²) in [5, 5.41) is 3.17. The van der Waals surface area contributed by atoms with Crippen LogP contribution in [-0.4, -0.2) is 67.7 Å². The molecule has 0 saturated carbocycles. The van der Waals surface area contributed by atoms with E-state index in [1.165, 1.54) is 0 Å². The third-order valence-corrected chi connectivity index (χ3v) is 4.08. The Bertz CT molecular complexity index is 329. The van der Waals surface area contributed by atoms with Gasteiger partial charge in [-0.2, -0.15) is 13.2 Å². The third kappa shape index (κ3) is 4.34. The zero-order valence-electron chi connectivity index (χ0n) is 11.6. The Balaban J connectivity index is 1.74. The maximum atomic E-state index is 12.7. The van der Waals surface area contributed by atoms with Gasteiger partial charge in [-0.05, 0) is 19.4 Å². The number of piperazine rings is 1. The summed E-state index contributed by atoms with van der Waals surface area (Å²) < 4.78 is 38.1. The smallest absolute Gasteiger partial charge is 0.340 e. The van der Waals surface area contributed by atoms with E-state index in [1.807, 2.05) is 0 Å². The minimum Gasteiger partial charge on any atom is -0.340 e. The first-order valence-corrected chi connectivity index (χ1v) is 7.24. The number of amides is 1. The molecule has 4 nitrogen and oxygen atoms in total. The van der Waals surface area contributed by atoms with E-state index in [9.17, 15) is 18.0 Å². The highest BCUT2D eigenvalue weighted by Gasteiger charge is 2.41. The summed E-state index contributed by atoms with van der Waals surface area (Å²) >= 11 is 0. The van der Waals surface area contributed by atoms with Gasteiger partial charge in [0.05, 0.1) is 5.92 Å². The molecule has 0 aromatic rings. The molecule has 20 heavy (non-hydrogen) atoms. The predicted octanol–water partition coefficient (Wildman–Crippen LogP) is 1.08. The number of carbonyl (C=O) groups is 1. The van der Waals surface area contributed by atoms with Crippen LogP contribution in [0.4, 0.5) is 13.2 Å². The molecule has 2 rings (SSSR count). The second kappa shape index (κ2) is 6.76. The molecule has 0 spiro atoms. The topological polar surface area (TPSA) is 35.6 Å². The third-order valence-electron chi connectivity index (χ3n) is 4.08. The lowest BCUT2D eigenvalue weighted by molar-refractivity contribution is -0.186. The molecule has 2 heterocycles. The number of carbonyl (C=O) groups excluding carboxylic acids is 1. The first-order valence-electron chi connectivity index (χ1n) is 7.24. The molecule has 2 fully saturated rings. The highest BCUT2D eigenvalue weighted by atomic mass is 19.4. The van der Waals surface area contributed by atoms with Gasteiger partial charge >= 0.3 is 6.18 Å². The van der Waals surface area contributed by atoms with Crippen LogP contribution in [0.3, 0.4) is 0 Å². The fourth-order valence-corrected chi connectivity index (χ4v) is 2.85. The van der Waals surface area contributed by atoms with E-state index in [0.717, 1.165) is 13.1 Å². The van der Waals surface area contributed by atoms with Gasteiger partial charge in [0.1, 0.15) is 0 Å². The van der Waals surface area contributed by atoms with E-state index in [4.69, 9.17) is 0 Å². The lowest BCUT2D eigenvalue weighted by Gasteiger charge is -2.34. The first kappa shape index (κ1) is 15.6. The van der Waals surface area contributed by atoms with Crippen molar-refractivity contribution in [1.82, 2.24) is 15.1 Å². The molecule has 1 N–H and O–H groups in total. The van der Waals surface area contributed by atoms with Crippen LogP contribution < -0.4 is 5.32 Å². The molecule has 0 aliphatic carbocycles. The van der Waals surface area contributed by atoms with E-state index >= 15 is 0 Å². The lowest BCUT2D eigenvalue weighted by Crippen LogP contribution is -2.48. The summed E-state index contributed by atoms with van der Waals surface area (Å²) in [7, 11) is 0. The number of nitrogens with one attached hydrogen (secondary N) is 1. The second-order valence-corrected chi connectivity index (χ2v) is 5.56. The van der Waals surface area contributed by atoms with Gasteiger partial charge in [0.2, 0.25) is 5.91 Å². The highest BCUT2D eigenvalue weighted by Crippen LogP contribution is 2.33. The van der Waals surface area contributed by atoms with Gasteiger partial charge in [0, 0.05) is 45.7 Å². The molecular formula is C13H22F3N3O. The van der Waals surface area contributed by atoms with Crippen LogP contribution in [0.25, 0.3) is 0 Å². The minimum absolute atomic E-state index is 0.0400. The Morgan fingerprint density at radius 3 is 2.55 bits per heavy atom. The molecule has 0 aromatic carbocycles. The molecule has 0 radical (unpaired) electrons. The maximum absolute atomic E-state index is 12.7. The van der Waals surface area contributed by atoms with Crippen LogP contribution in [0.15, 0.2) is 0 Å². The van der Waals surface area contributed by atoms with E-state index < -0.39 is 12.1 Å². The zero-order valence-corrected chi connectivity index (χ0v) is 11.6. The monoisotopic (exact) mass is 293 g/mol. The second-order valence-electron chi connectivity index (χ2n) is 5.56. The van der Waals surface area contributed by atoms with Crippen molar-refractivity contribution in [3.8, 4) is 0 Å². The Hall–Kier alpha value is -0.820. The van der Waals surface area contributed by atoms with Crippen molar-refractivity contribution >= 4 is 5.91 Å². The van der Waals surface area contributed by atoms with Crippen LogP contribution in [0.1, 0.15) is 19.3 Å². The molecule has 0 bridgehead atoms. The van der Waals surface area contributed by atoms with Crippen molar-refractivity contribution in [3.63, 3.8) is 0 Å². The highest BCUT2D eigenvalue weighted by molar-refractivity contribution is 5.76. The predicted molar refractivity (Wildman–Crippen MR) is 69.3 cm³/mol. The molecule has 7 heteroatoms. The Kier molecular flexibility index (Phi) is 5.26. The number of alkyl halides is 3. The van der Waals surface area contributed by atoms with Gasteiger partial charge in [-0.25, -0.2) is 0 Å². The van der Waals surface area contributed by atoms with Gasteiger partial charge < -0.3 is 15.1 Å². The largest absolute Gasteiger partial charge is 0.393 e. The van der Waals surface area contributed by atoms with Crippen molar-refractivity contribution in [2.45, 2.75) is 25.4 Å². The van der Waals surface area contributed by atoms with E-state index in [2.05, 4.69) is 5.32 Å². The van der Waals surface area contributed by atoms with Gasteiger partial charge in [-0.3, -0.25) is 4.79 Å². The van der Waals surface area contributed by atoms with Crippen molar-refractivity contribution in [2.75, 3.05) is 45.8 Å². The minimum atomic E-state index is -4.11. The SMILES string of the molecule is O=C(CCN1CCCC(C(F)(F)F)C1)N1CCNCC1. The van der Waals surface area contributed by atoms with Crippen LogP contribution in [0.2, 0.25) is 0 Å². The number of rotatable bonds is 3. The summed E-state index contributed by atoms with van der Waals surface area (Å²) in [5.74, 6) is -1.17. The molecule has 2 aliphatic heterocycles. The summed E-state index contributed by atoms with van der Waals surface area (Å²) in [5.41, 5.74) is 0. The molecular weight excluding hydrogens is 271 g/mol. The number of piperidine rings is 1. The van der Waals surface area contributed by atoms with Crippen molar-refractivity contribution in [1.29, 1.82) is 0 Å². The molecule has 0 aromatic heterocycles. The van der Waals surface area contributed by atoms with Crippen molar-refractivity contribution in [2.24, 2.45) is 5.92 Å². The fourth-order valence-electron chi connectivity index (χ4n) is 2.85. The first-order chi connectivity index (χ1) is 9.47. The average molecular weight is 293 g/mol. The summed E-state index contributed by atoms with van der Waals surface area (Å²) in [6.45, 7) is 4.14. The van der Waals surface area contributed by atoms with Gasteiger partial charge in [-0.1, -0.05) is 0 Å². The average Bonchev–Trinajstić information content (AvgIpc) is 2.45. The van der Waals surface area contributed by atoms with Crippen molar-refractivity contribution in [3.05, 3.63) is 0 Å². The maximum Gasteiger partial charge on any atom is 0.393 e. The number of hydrogen-bond donors (Lipinski definition) is 1. The van der Waals surface area contributed by atoms with Crippen molar-refractivity contribution < 1.29 is 18.0 Å². The molecule has 1 unspecified atom stereocenters. The Morgan fingerprint density at radius 1 is 1.20 bits per heavy atom. The number of hydrogen-bond acceptors (Lipinski definition) is 3. The van der Waals surface area contributed by atoms with E-state index in [1.54, 1.807) is 9.80 Å². The van der Waals surface area contributed by atoms with Crippen LogP contribution >= 0.6 is 0 Å². The number of nitrogens with zero attached hydrogens (tertiary/aromatic N) is 2. The van der Waals surface area contributed by atoms with Crippen LogP contribution in [-0.2, 0) is 4.79 Å². The summed E-state index contributed by atoms with van der Waals surface area (Å²) in [6.07, 6.45) is -3.01. The van der Waals surface area contributed by atoms with Gasteiger partial charge in [0.15, 0.2) is 0 Å². The normalized spacial score (nSPS) is 25.8. The van der Waals surface area contributed by atoms with Crippen LogP contribution in [0.5, 0.6) is 0 Å².